The zero-order chi connectivity index (χ0) is 21.8. The van der Waals surface area contributed by atoms with Gasteiger partial charge in [-0.3, -0.25) is 4.99 Å². The van der Waals surface area contributed by atoms with E-state index in [1.807, 2.05) is 18.3 Å². The summed E-state index contributed by atoms with van der Waals surface area (Å²) in [6.45, 7) is 10.8. The van der Waals surface area contributed by atoms with E-state index < -0.39 is 0 Å². The SMILES string of the molecule is CCc1cc(Cc2cc(C)c(N)c(C(C)C)c2)cc(C)c1/N=C/c1ccc(O)cc1. The number of nitrogens with zero attached hydrogens (tertiary/aromatic N) is 1. The molecule has 3 nitrogen and oxygen atoms in total. The number of hydrogen-bond acceptors (Lipinski definition) is 3. The highest BCUT2D eigenvalue weighted by molar-refractivity contribution is 5.83. The Balaban J connectivity index is 1.91. The van der Waals surface area contributed by atoms with Gasteiger partial charge >= 0.3 is 0 Å². The summed E-state index contributed by atoms with van der Waals surface area (Å²) < 4.78 is 0. The average Bonchev–Trinajstić information content (AvgIpc) is 2.70. The first-order chi connectivity index (χ1) is 14.3. The maximum atomic E-state index is 9.45. The molecule has 0 bridgehead atoms. The Hall–Kier alpha value is -3.07. The molecule has 0 radical (unpaired) electrons. The second kappa shape index (κ2) is 9.17. The topological polar surface area (TPSA) is 58.6 Å². The van der Waals surface area contributed by atoms with Crippen LogP contribution in [-0.2, 0) is 12.8 Å². The highest BCUT2D eigenvalue weighted by Gasteiger charge is 2.11. The van der Waals surface area contributed by atoms with Crippen LogP contribution in [0.2, 0.25) is 0 Å². The van der Waals surface area contributed by atoms with Crippen molar-refractivity contribution in [3.63, 3.8) is 0 Å². The number of aryl methyl sites for hydroxylation is 3. The maximum Gasteiger partial charge on any atom is 0.115 e. The van der Waals surface area contributed by atoms with E-state index in [1.165, 1.54) is 27.8 Å². The molecule has 3 aromatic carbocycles. The first-order valence-corrected chi connectivity index (χ1v) is 10.6. The Morgan fingerprint density at radius 2 is 1.60 bits per heavy atom. The van der Waals surface area contributed by atoms with Crippen molar-refractivity contribution in [3.05, 3.63) is 87.5 Å². The molecule has 3 heteroatoms. The van der Waals surface area contributed by atoms with Crippen LogP contribution in [-0.4, -0.2) is 11.3 Å². The maximum absolute atomic E-state index is 9.45. The summed E-state index contributed by atoms with van der Waals surface area (Å²) in [6, 6.07) is 16.1. The highest BCUT2D eigenvalue weighted by atomic mass is 16.3. The molecule has 0 aliphatic rings. The summed E-state index contributed by atoms with van der Waals surface area (Å²) in [6.07, 6.45) is 3.67. The Morgan fingerprint density at radius 3 is 2.23 bits per heavy atom. The van der Waals surface area contributed by atoms with Crippen LogP contribution in [0.3, 0.4) is 0 Å². The first-order valence-electron chi connectivity index (χ1n) is 10.6. The van der Waals surface area contributed by atoms with Crippen molar-refractivity contribution in [1.29, 1.82) is 0 Å². The van der Waals surface area contributed by atoms with E-state index in [-0.39, 0.29) is 5.75 Å². The summed E-state index contributed by atoms with van der Waals surface area (Å²) in [7, 11) is 0. The molecule has 0 atom stereocenters. The fraction of sp³-hybridized carbons (Fsp3) is 0.296. The second-order valence-corrected chi connectivity index (χ2v) is 8.37. The van der Waals surface area contributed by atoms with Crippen molar-refractivity contribution in [2.45, 2.75) is 53.4 Å². The van der Waals surface area contributed by atoms with Gasteiger partial charge in [0.1, 0.15) is 5.75 Å². The minimum absolute atomic E-state index is 0.264. The largest absolute Gasteiger partial charge is 0.508 e. The summed E-state index contributed by atoms with van der Waals surface area (Å²) >= 11 is 0. The molecular weight excluding hydrogens is 368 g/mol. The lowest BCUT2D eigenvalue weighted by Crippen LogP contribution is -2.02. The van der Waals surface area contributed by atoms with Crippen molar-refractivity contribution in [2.75, 3.05) is 5.73 Å². The molecule has 0 amide bonds. The second-order valence-electron chi connectivity index (χ2n) is 8.37. The lowest BCUT2D eigenvalue weighted by atomic mass is 9.92. The fourth-order valence-corrected chi connectivity index (χ4v) is 3.91. The Labute approximate surface area is 180 Å². The lowest BCUT2D eigenvalue weighted by molar-refractivity contribution is 0.475. The molecule has 0 unspecified atom stereocenters. The molecular formula is C27H32N2O. The number of aliphatic imine (C=N–C) groups is 1. The van der Waals surface area contributed by atoms with E-state index in [0.717, 1.165) is 35.3 Å². The number of phenols is 1. The standard InChI is InChI=1S/C27H32N2O/c1-6-23-14-21(13-22-11-18(4)26(28)25(15-22)17(2)3)12-19(5)27(23)29-16-20-7-9-24(30)10-8-20/h7-12,14-17,30H,6,13,28H2,1-5H3/b29-16+. The van der Waals surface area contributed by atoms with Gasteiger partial charge in [-0.2, -0.15) is 0 Å². The Kier molecular flexibility index (Phi) is 6.61. The van der Waals surface area contributed by atoms with Gasteiger partial charge in [0.15, 0.2) is 0 Å². The van der Waals surface area contributed by atoms with Crippen molar-refractivity contribution >= 4 is 17.6 Å². The minimum atomic E-state index is 0.264. The number of phenolic OH excluding ortho intramolecular Hbond substituents is 1. The van der Waals surface area contributed by atoms with Gasteiger partial charge in [0, 0.05) is 11.9 Å². The van der Waals surface area contributed by atoms with E-state index in [0.29, 0.717) is 5.92 Å². The van der Waals surface area contributed by atoms with Crippen molar-refractivity contribution in [2.24, 2.45) is 4.99 Å². The number of hydrogen-bond donors (Lipinski definition) is 2. The number of nitrogen functional groups attached to an aromatic ring is 1. The average molecular weight is 401 g/mol. The van der Waals surface area contributed by atoms with E-state index in [2.05, 4.69) is 58.9 Å². The third-order valence-corrected chi connectivity index (χ3v) is 5.56. The molecule has 0 heterocycles. The van der Waals surface area contributed by atoms with Gasteiger partial charge in [-0.05, 0) is 95.8 Å². The monoisotopic (exact) mass is 400 g/mol. The summed E-state index contributed by atoms with van der Waals surface area (Å²) in [5.74, 6) is 0.675. The highest BCUT2D eigenvalue weighted by Crippen LogP contribution is 2.30. The van der Waals surface area contributed by atoms with Crippen molar-refractivity contribution in [1.82, 2.24) is 0 Å². The van der Waals surface area contributed by atoms with Gasteiger partial charge in [-0.1, -0.05) is 45.0 Å². The lowest BCUT2D eigenvalue weighted by Gasteiger charge is -2.16. The Morgan fingerprint density at radius 1 is 0.967 bits per heavy atom. The zero-order valence-electron chi connectivity index (χ0n) is 18.7. The quantitative estimate of drug-likeness (QED) is 0.361. The number of benzene rings is 3. The van der Waals surface area contributed by atoms with E-state index >= 15 is 0 Å². The van der Waals surface area contributed by atoms with Crippen LogP contribution >= 0.6 is 0 Å². The molecule has 3 aromatic rings. The fourth-order valence-electron chi connectivity index (χ4n) is 3.91. The predicted molar refractivity (Wildman–Crippen MR) is 128 cm³/mol. The normalized spacial score (nSPS) is 11.5. The van der Waals surface area contributed by atoms with E-state index in [1.54, 1.807) is 12.1 Å². The molecule has 0 fully saturated rings. The molecule has 0 aliphatic carbocycles. The molecule has 156 valence electrons. The molecule has 0 aromatic heterocycles. The van der Waals surface area contributed by atoms with Gasteiger partial charge in [-0.25, -0.2) is 0 Å². The zero-order valence-corrected chi connectivity index (χ0v) is 18.7. The summed E-state index contributed by atoms with van der Waals surface area (Å²) in [5, 5.41) is 9.45. The summed E-state index contributed by atoms with van der Waals surface area (Å²) in [4.78, 5) is 4.76. The van der Waals surface area contributed by atoms with Crippen LogP contribution in [0.1, 0.15) is 65.6 Å². The summed E-state index contributed by atoms with van der Waals surface area (Å²) in [5.41, 5.74) is 16.6. The van der Waals surface area contributed by atoms with Gasteiger partial charge < -0.3 is 10.8 Å². The van der Waals surface area contributed by atoms with Crippen molar-refractivity contribution in [3.8, 4) is 5.75 Å². The van der Waals surface area contributed by atoms with Crippen LogP contribution < -0.4 is 5.73 Å². The minimum Gasteiger partial charge on any atom is -0.508 e. The molecule has 0 aliphatic heterocycles. The van der Waals surface area contributed by atoms with Crippen LogP contribution in [0.5, 0.6) is 5.75 Å². The van der Waals surface area contributed by atoms with Crippen LogP contribution in [0.4, 0.5) is 11.4 Å². The van der Waals surface area contributed by atoms with Gasteiger partial charge in [-0.15, -0.1) is 0 Å². The Bertz CT molecular complexity index is 1060. The molecule has 0 saturated heterocycles. The van der Waals surface area contributed by atoms with Gasteiger partial charge in [0.05, 0.1) is 5.69 Å². The third-order valence-electron chi connectivity index (χ3n) is 5.56. The van der Waals surface area contributed by atoms with E-state index in [9.17, 15) is 5.11 Å². The molecule has 30 heavy (non-hydrogen) atoms. The number of anilines is 1. The van der Waals surface area contributed by atoms with Crippen LogP contribution in [0.25, 0.3) is 0 Å². The first kappa shape index (κ1) is 21.6. The predicted octanol–water partition coefficient (Wildman–Crippen LogP) is 6.62. The number of nitrogens with two attached hydrogens (primary N) is 1. The van der Waals surface area contributed by atoms with Gasteiger partial charge in [0.2, 0.25) is 0 Å². The molecule has 3 N–H and O–H groups in total. The van der Waals surface area contributed by atoms with E-state index in [4.69, 9.17) is 10.7 Å². The molecule has 0 spiro atoms. The molecule has 0 saturated carbocycles. The smallest absolute Gasteiger partial charge is 0.115 e. The van der Waals surface area contributed by atoms with Crippen LogP contribution in [0, 0.1) is 13.8 Å². The van der Waals surface area contributed by atoms with Crippen LogP contribution in [0.15, 0.2) is 53.5 Å². The van der Waals surface area contributed by atoms with Gasteiger partial charge in [0.25, 0.3) is 0 Å². The number of rotatable bonds is 6. The molecule has 3 rings (SSSR count). The van der Waals surface area contributed by atoms with Crippen molar-refractivity contribution < 1.29 is 5.11 Å². The third kappa shape index (κ3) is 4.91. The number of aromatic hydroxyl groups is 1.